The van der Waals surface area contributed by atoms with E-state index < -0.39 is 12.0 Å². The Morgan fingerprint density at radius 1 is 1.60 bits per heavy atom. The Morgan fingerprint density at radius 2 is 2.27 bits per heavy atom. The van der Waals surface area contributed by atoms with Crippen molar-refractivity contribution in [3.8, 4) is 0 Å². The Morgan fingerprint density at radius 3 is 2.60 bits per heavy atom. The molecular weight excluding hydrogens is 198 g/mol. The van der Waals surface area contributed by atoms with E-state index in [1.165, 1.54) is 11.8 Å². The molecule has 0 radical (unpaired) electrons. The van der Waals surface area contributed by atoms with Gasteiger partial charge in [-0.3, -0.25) is 4.79 Å². The molecule has 5 nitrogen and oxygen atoms in total. The van der Waals surface area contributed by atoms with Gasteiger partial charge in [0.05, 0.1) is 6.61 Å². The molecule has 1 amide bonds. The molecule has 15 heavy (non-hydrogen) atoms. The molecule has 1 saturated heterocycles. The van der Waals surface area contributed by atoms with Crippen molar-refractivity contribution in [2.24, 2.45) is 5.92 Å². The fourth-order valence-corrected chi connectivity index (χ4v) is 2.01. The van der Waals surface area contributed by atoms with Gasteiger partial charge in [0.15, 0.2) is 0 Å². The van der Waals surface area contributed by atoms with Crippen LogP contribution in [0.3, 0.4) is 0 Å². The molecule has 2 atom stereocenters. The smallest absolute Gasteiger partial charge is 0.326 e. The van der Waals surface area contributed by atoms with Crippen molar-refractivity contribution in [2.75, 3.05) is 19.8 Å². The van der Waals surface area contributed by atoms with E-state index in [-0.39, 0.29) is 11.8 Å². The lowest BCUT2D eigenvalue weighted by atomic mass is 9.97. The third kappa shape index (κ3) is 2.68. The number of carbonyl (C=O) groups excluding carboxylic acids is 1. The van der Waals surface area contributed by atoms with Crippen molar-refractivity contribution in [3.05, 3.63) is 0 Å². The van der Waals surface area contributed by atoms with Gasteiger partial charge in [-0.05, 0) is 13.3 Å². The van der Waals surface area contributed by atoms with Crippen molar-refractivity contribution in [3.63, 3.8) is 0 Å². The van der Waals surface area contributed by atoms with Crippen LogP contribution in [-0.4, -0.2) is 47.7 Å². The van der Waals surface area contributed by atoms with Crippen LogP contribution in [0.4, 0.5) is 0 Å². The summed E-state index contributed by atoms with van der Waals surface area (Å²) in [6.07, 6.45) is 0.709. The molecule has 86 valence electrons. The Bertz CT molecular complexity index is 248. The van der Waals surface area contributed by atoms with E-state index in [2.05, 4.69) is 0 Å². The number of aliphatic carboxylic acids is 1. The summed E-state index contributed by atoms with van der Waals surface area (Å²) in [5.74, 6) is -1.22. The Labute approximate surface area is 89.0 Å². The Hall–Kier alpha value is -1.10. The van der Waals surface area contributed by atoms with Gasteiger partial charge in [0.2, 0.25) is 5.91 Å². The van der Waals surface area contributed by atoms with Gasteiger partial charge in [-0.1, -0.05) is 0 Å². The van der Waals surface area contributed by atoms with E-state index in [1.54, 1.807) is 6.92 Å². The van der Waals surface area contributed by atoms with Crippen molar-refractivity contribution in [1.29, 1.82) is 0 Å². The molecule has 2 unspecified atom stereocenters. The molecule has 5 heteroatoms. The summed E-state index contributed by atoms with van der Waals surface area (Å²) in [7, 11) is 0. The van der Waals surface area contributed by atoms with Gasteiger partial charge < -0.3 is 14.7 Å². The topological polar surface area (TPSA) is 66.8 Å². The van der Waals surface area contributed by atoms with E-state index in [1.807, 2.05) is 0 Å². The molecule has 0 aromatic heterocycles. The van der Waals surface area contributed by atoms with Gasteiger partial charge >= 0.3 is 5.97 Å². The summed E-state index contributed by atoms with van der Waals surface area (Å²) in [5, 5.41) is 9.13. The van der Waals surface area contributed by atoms with Crippen LogP contribution in [0.5, 0.6) is 0 Å². The molecule has 1 aliphatic heterocycles. The molecule has 0 bridgehead atoms. The highest BCUT2D eigenvalue weighted by molar-refractivity contribution is 5.82. The van der Waals surface area contributed by atoms with Crippen molar-refractivity contribution >= 4 is 11.9 Å². The van der Waals surface area contributed by atoms with Crippen molar-refractivity contribution in [2.45, 2.75) is 26.3 Å². The first-order chi connectivity index (χ1) is 7.07. The Balaban J connectivity index is 2.79. The zero-order valence-corrected chi connectivity index (χ0v) is 9.10. The Kier molecular flexibility index (Phi) is 4.08. The molecule has 0 spiro atoms. The number of carbonyl (C=O) groups is 2. The molecule has 1 N–H and O–H groups in total. The minimum atomic E-state index is -0.942. The van der Waals surface area contributed by atoms with E-state index in [4.69, 9.17) is 9.84 Å². The molecule has 0 aromatic carbocycles. The van der Waals surface area contributed by atoms with Gasteiger partial charge in [0, 0.05) is 26.0 Å². The van der Waals surface area contributed by atoms with E-state index >= 15 is 0 Å². The van der Waals surface area contributed by atoms with Crippen LogP contribution in [0.2, 0.25) is 0 Å². The average Bonchev–Trinajstić information content (AvgIpc) is 2.64. The second-order valence-electron chi connectivity index (χ2n) is 3.71. The van der Waals surface area contributed by atoms with Gasteiger partial charge in [-0.25, -0.2) is 4.79 Å². The van der Waals surface area contributed by atoms with Crippen LogP contribution in [0.15, 0.2) is 0 Å². The van der Waals surface area contributed by atoms with E-state index in [0.29, 0.717) is 26.2 Å². The summed E-state index contributed by atoms with van der Waals surface area (Å²) in [5.41, 5.74) is 0. The number of carboxylic acids is 1. The second-order valence-corrected chi connectivity index (χ2v) is 3.71. The molecule has 1 rings (SSSR count). The molecule has 1 fully saturated rings. The van der Waals surface area contributed by atoms with E-state index in [0.717, 1.165) is 0 Å². The minimum Gasteiger partial charge on any atom is -0.480 e. The first-order valence-corrected chi connectivity index (χ1v) is 5.15. The van der Waals surface area contributed by atoms with Gasteiger partial charge in [-0.2, -0.15) is 0 Å². The predicted octanol–water partition coefficient (Wildman–Crippen LogP) is 0.344. The monoisotopic (exact) mass is 215 g/mol. The second kappa shape index (κ2) is 5.11. The zero-order chi connectivity index (χ0) is 11.4. The number of amides is 1. The number of hydrogen-bond donors (Lipinski definition) is 1. The molecule has 1 aliphatic rings. The van der Waals surface area contributed by atoms with Gasteiger partial charge in [-0.15, -0.1) is 0 Å². The maximum atomic E-state index is 11.3. The normalized spacial score (nSPS) is 22.4. The molecule has 0 saturated carbocycles. The number of likely N-dealkylation sites (N-methyl/N-ethyl adjacent to an activating group) is 1. The fourth-order valence-electron chi connectivity index (χ4n) is 2.01. The number of ether oxygens (including phenoxy) is 1. The highest BCUT2D eigenvalue weighted by atomic mass is 16.5. The highest BCUT2D eigenvalue weighted by Gasteiger charge is 2.36. The summed E-state index contributed by atoms with van der Waals surface area (Å²) in [6.45, 7) is 4.62. The fraction of sp³-hybridized carbons (Fsp3) is 0.800. The van der Waals surface area contributed by atoms with Crippen LogP contribution in [0, 0.1) is 5.92 Å². The quantitative estimate of drug-likeness (QED) is 0.734. The minimum absolute atomic E-state index is 0.0775. The average molecular weight is 215 g/mol. The number of hydrogen-bond acceptors (Lipinski definition) is 3. The zero-order valence-electron chi connectivity index (χ0n) is 9.10. The predicted molar refractivity (Wildman–Crippen MR) is 53.4 cm³/mol. The standard InChI is InChI=1S/C10H17NO4/c1-3-11(7(2)12)9(10(13)14)8-4-5-15-6-8/h8-9H,3-6H2,1-2H3,(H,13,14). The number of rotatable bonds is 4. The van der Waals surface area contributed by atoms with Gasteiger partial charge in [0.25, 0.3) is 0 Å². The first-order valence-electron chi connectivity index (χ1n) is 5.15. The van der Waals surface area contributed by atoms with E-state index in [9.17, 15) is 9.59 Å². The first kappa shape index (κ1) is 12.0. The van der Waals surface area contributed by atoms with Crippen LogP contribution in [-0.2, 0) is 14.3 Å². The maximum absolute atomic E-state index is 11.3. The largest absolute Gasteiger partial charge is 0.480 e. The third-order valence-electron chi connectivity index (χ3n) is 2.75. The summed E-state index contributed by atoms with van der Waals surface area (Å²) in [4.78, 5) is 23.8. The molecule has 0 aliphatic carbocycles. The molecule has 1 heterocycles. The summed E-state index contributed by atoms with van der Waals surface area (Å²) < 4.78 is 5.16. The summed E-state index contributed by atoms with van der Waals surface area (Å²) >= 11 is 0. The number of carboxylic acid groups (broad SMARTS) is 1. The van der Waals surface area contributed by atoms with Crippen LogP contribution in [0.25, 0.3) is 0 Å². The van der Waals surface area contributed by atoms with Crippen LogP contribution < -0.4 is 0 Å². The van der Waals surface area contributed by atoms with Crippen LogP contribution in [0.1, 0.15) is 20.3 Å². The van der Waals surface area contributed by atoms with Gasteiger partial charge in [0.1, 0.15) is 6.04 Å². The summed E-state index contributed by atoms with van der Waals surface area (Å²) in [6, 6.07) is -0.741. The molecular formula is C10H17NO4. The highest BCUT2D eigenvalue weighted by Crippen LogP contribution is 2.21. The lowest BCUT2D eigenvalue weighted by Crippen LogP contribution is -2.48. The maximum Gasteiger partial charge on any atom is 0.326 e. The van der Waals surface area contributed by atoms with Crippen molar-refractivity contribution < 1.29 is 19.4 Å². The lowest BCUT2D eigenvalue weighted by molar-refractivity contribution is -0.151. The third-order valence-corrected chi connectivity index (χ3v) is 2.75. The molecule has 0 aromatic rings. The SMILES string of the molecule is CCN(C(C)=O)C(C(=O)O)C1CCOC1. The number of nitrogens with zero attached hydrogens (tertiary/aromatic N) is 1. The van der Waals surface area contributed by atoms with Crippen LogP contribution >= 0.6 is 0 Å². The van der Waals surface area contributed by atoms with Crippen molar-refractivity contribution in [1.82, 2.24) is 4.90 Å². The lowest BCUT2D eigenvalue weighted by Gasteiger charge is -2.30.